The Morgan fingerprint density at radius 3 is 2.64 bits per heavy atom. The van der Waals surface area contributed by atoms with Gasteiger partial charge in [0.05, 0.1) is 23.8 Å². The zero-order valence-electron chi connectivity index (χ0n) is 18.7. The van der Waals surface area contributed by atoms with Crippen LogP contribution in [-0.4, -0.2) is 63.7 Å². The first-order chi connectivity index (χ1) is 16.1. The summed E-state index contributed by atoms with van der Waals surface area (Å²) in [6.07, 6.45) is 1.61. The molecule has 3 heterocycles. The molecule has 1 N–H and O–H groups in total. The number of rotatable bonds is 5. The number of aromatic amines is 1. The molecule has 1 aliphatic rings. The molecule has 2 aromatic heterocycles. The topological polar surface area (TPSA) is 95.8 Å². The van der Waals surface area contributed by atoms with Gasteiger partial charge in [-0.25, -0.2) is 0 Å². The van der Waals surface area contributed by atoms with Crippen molar-refractivity contribution in [2.75, 3.05) is 38.2 Å². The summed E-state index contributed by atoms with van der Waals surface area (Å²) in [6.45, 7) is 4.71. The quantitative estimate of drug-likeness (QED) is 0.506. The van der Waals surface area contributed by atoms with E-state index in [1.54, 1.807) is 17.6 Å². The maximum absolute atomic E-state index is 13.2. The van der Waals surface area contributed by atoms with Crippen molar-refractivity contribution in [3.8, 4) is 5.75 Å². The molecule has 0 saturated carbocycles. The molecule has 1 aliphatic heterocycles. The van der Waals surface area contributed by atoms with Gasteiger partial charge >= 0.3 is 0 Å². The lowest BCUT2D eigenvalue weighted by atomic mass is 10.1. The zero-order chi connectivity index (χ0) is 22.9. The van der Waals surface area contributed by atoms with Crippen LogP contribution in [0.2, 0.25) is 0 Å². The number of nitrogens with zero attached hydrogens (tertiary/aromatic N) is 5. The van der Waals surface area contributed by atoms with Crippen LogP contribution in [0.1, 0.15) is 29.5 Å². The minimum absolute atomic E-state index is 0.0462. The van der Waals surface area contributed by atoms with Gasteiger partial charge in [0.2, 0.25) is 5.65 Å². The summed E-state index contributed by atoms with van der Waals surface area (Å²) >= 11 is 0. The number of piperazine rings is 1. The standard InChI is InChI=1S/C24H26N6O3/c1-3-6-21-26-27-22-23(31)25-17-15-16(9-10-18(17)30(21)22)24(32)29-13-11-28(12-14-29)19-7-4-5-8-20(19)33-2/h4-5,7-10,15H,3,6,11-14H2,1-2H3,(H,25,31). The van der Waals surface area contributed by atoms with Crippen LogP contribution < -0.4 is 15.2 Å². The molecule has 0 unspecified atom stereocenters. The molecule has 0 radical (unpaired) electrons. The number of amides is 1. The molecule has 170 valence electrons. The molecule has 5 rings (SSSR count). The Kier molecular flexibility index (Phi) is 5.45. The minimum Gasteiger partial charge on any atom is -0.495 e. The number of benzene rings is 2. The van der Waals surface area contributed by atoms with Crippen LogP contribution in [0.4, 0.5) is 5.69 Å². The first-order valence-electron chi connectivity index (χ1n) is 11.2. The second-order valence-electron chi connectivity index (χ2n) is 8.16. The van der Waals surface area contributed by atoms with Crippen LogP contribution >= 0.6 is 0 Å². The molecule has 2 aromatic carbocycles. The van der Waals surface area contributed by atoms with E-state index in [9.17, 15) is 9.59 Å². The van der Waals surface area contributed by atoms with E-state index in [2.05, 4.69) is 27.0 Å². The Hall–Kier alpha value is -3.88. The fourth-order valence-electron chi connectivity index (χ4n) is 4.47. The highest BCUT2D eigenvalue weighted by molar-refractivity contribution is 5.97. The van der Waals surface area contributed by atoms with Crippen molar-refractivity contribution >= 4 is 28.3 Å². The first kappa shape index (κ1) is 21.0. The van der Waals surface area contributed by atoms with Gasteiger partial charge < -0.3 is 19.5 Å². The van der Waals surface area contributed by atoms with Gasteiger partial charge in [0.1, 0.15) is 11.6 Å². The molecule has 0 spiro atoms. The molecule has 0 atom stereocenters. The molecular weight excluding hydrogens is 420 g/mol. The summed E-state index contributed by atoms with van der Waals surface area (Å²) in [4.78, 5) is 32.7. The average Bonchev–Trinajstić information content (AvgIpc) is 3.28. The van der Waals surface area contributed by atoms with Crippen molar-refractivity contribution < 1.29 is 9.53 Å². The molecular formula is C24H26N6O3. The number of fused-ring (bicyclic) bond motifs is 3. The zero-order valence-corrected chi connectivity index (χ0v) is 18.7. The van der Waals surface area contributed by atoms with E-state index in [0.717, 1.165) is 48.7 Å². The van der Waals surface area contributed by atoms with Gasteiger partial charge in [-0.05, 0) is 36.8 Å². The number of para-hydroxylation sites is 2. The molecule has 9 nitrogen and oxygen atoms in total. The van der Waals surface area contributed by atoms with Gasteiger partial charge in [0.25, 0.3) is 11.5 Å². The number of methoxy groups -OCH3 is 1. The summed E-state index contributed by atoms with van der Waals surface area (Å²) < 4.78 is 7.27. The van der Waals surface area contributed by atoms with Crippen LogP contribution in [-0.2, 0) is 6.42 Å². The van der Waals surface area contributed by atoms with Gasteiger partial charge in [-0.3, -0.25) is 14.0 Å². The van der Waals surface area contributed by atoms with E-state index < -0.39 is 0 Å². The lowest BCUT2D eigenvalue weighted by Gasteiger charge is -2.36. The SMILES string of the molecule is CCCc1nnc2c(=O)[nH]c3cc(C(=O)N4CCN(c5ccccc5OC)CC4)ccc3n12. The van der Waals surface area contributed by atoms with Crippen molar-refractivity contribution in [2.45, 2.75) is 19.8 Å². The lowest BCUT2D eigenvalue weighted by molar-refractivity contribution is 0.0747. The number of ether oxygens (including phenoxy) is 1. The molecule has 0 bridgehead atoms. The summed E-state index contributed by atoms with van der Waals surface area (Å²) in [5.41, 5.74) is 2.94. The maximum Gasteiger partial charge on any atom is 0.294 e. The molecule has 1 saturated heterocycles. The summed E-state index contributed by atoms with van der Waals surface area (Å²) in [7, 11) is 1.67. The predicted octanol–water partition coefficient (Wildman–Crippen LogP) is 2.49. The third kappa shape index (κ3) is 3.69. The van der Waals surface area contributed by atoms with Gasteiger partial charge in [-0.2, -0.15) is 0 Å². The van der Waals surface area contributed by atoms with E-state index >= 15 is 0 Å². The Morgan fingerprint density at radius 1 is 1.09 bits per heavy atom. The number of carbonyl (C=O) groups is 1. The number of aryl methyl sites for hydroxylation is 1. The van der Waals surface area contributed by atoms with Crippen LogP contribution in [0.3, 0.4) is 0 Å². The van der Waals surface area contributed by atoms with Gasteiger partial charge in [-0.15, -0.1) is 10.2 Å². The van der Waals surface area contributed by atoms with Gasteiger partial charge in [-0.1, -0.05) is 19.1 Å². The van der Waals surface area contributed by atoms with E-state index in [1.165, 1.54) is 0 Å². The van der Waals surface area contributed by atoms with E-state index in [4.69, 9.17) is 4.74 Å². The first-order valence-corrected chi connectivity index (χ1v) is 11.2. The Morgan fingerprint density at radius 2 is 1.88 bits per heavy atom. The summed E-state index contributed by atoms with van der Waals surface area (Å²) in [5, 5.41) is 8.22. The number of nitrogens with one attached hydrogen (secondary N) is 1. The summed E-state index contributed by atoms with van der Waals surface area (Å²) in [6, 6.07) is 13.3. The van der Waals surface area contributed by atoms with E-state index in [1.807, 2.05) is 41.3 Å². The van der Waals surface area contributed by atoms with Crippen LogP contribution in [0.15, 0.2) is 47.3 Å². The average molecular weight is 447 g/mol. The number of hydrogen-bond acceptors (Lipinski definition) is 6. The van der Waals surface area contributed by atoms with Crippen molar-refractivity contribution in [2.24, 2.45) is 0 Å². The Balaban J connectivity index is 1.39. The van der Waals surface area contributed by atoms with Crippen molar-refractivity contribution in [1.82, 2.24) is 24.5 Å². The third-order valence-corrected chi connectivity index (χ3v) is 6.13. The molecule has 1 fully saturated rings. The van der Waals surface area contributed by atoms with Crippen LogP contribution in [0.25, 0.3) is 16.7 Å². The number of carbonyl (C=O) groups excluding carboxylic acids is 1. The van der Waals surface area contributed by atoms with Gasteiger partial charge in [0.15, 0.2) is 0 Å². The van der Waals surface area contributed by atoms with Crippen LogP contribution in [0, 0.1) is 0 Å². The molecule has 0 aliphatic carbocycles. The molecule has 9 heteroatoms. The molecule has 33 heavy (non-hydrogen) atoms. The smallest absolute Gasteiger partial charge is 0.294 e. The maximum atomic E-state index is 13.2. The third-order valence-electron chi connectivity index (χ3n) is 6.13. The monoisotopic (exact) mass is 446 g/mol. The van der Waals surface area contributed by atoms with E-state index in [0.29, 0.717) is 24.2 Å². The number of hydrogen-bond donors (Lipinski definition) is 1. The Labute approximate surface area is 190 Å². The highest BCUT2D eigenvalue weighted by Crippen LogP contribution is 2.28. The highest BCUT2D eigenvalue weighted by Gasteiger charge is 2.24. The number of aromatic nitrogens is 4. The van der Waals surface area contributed by atoms with Gasteiger partial charge in [0, 0.05) is 38.2 Å². The fourth-order valence-corrected chi connectivity index (χ4v) is 4.47. The summed E-state index contributed by atoms with van der Waals surface area (Å²) in [5.74, 6) is 1.53. The van der Waals surface area contributed by atoms with Crippen molar-refractivity contribution in [3.63, 3.8) is 0 Å². The number of H-pyrrole nitrogens is 1. The number of anilines is 1. The van der Waals surface area contributed by atoms with Crippen LogP contribution in [0.5, 0.6) is 5.75 Å². The second-order valence-corrected chi connectivity index (χ2v) is 8.16. The minimum atomic E-state index is -0.313. The van der Waals surface area contributed by atoms with Crippen molar-refractivity contribution in [3.05, 3.63) is 64.2 Å². The lowest BCUT2D eigenvalue weighted by Crippen LogP contribution is -2.48. The largest absolute Gasteiger partial charge is 0.495 e. The highest BCUT2D eigenvalue weighted by atomic mass is 16.5. The fraction of sp³-hybridized carbons (Fsp3) is 0.333. The second kappa shape index (κ2) is 8.57. The van der Waals surface area contributed by atoms with Crippen molar-refractivity contribution in [1.29, 1.82) is 0 Å². The normalized spacial score (nSPS) is 14.2. The Bertz CT molecular complexity index is 1380. The van der Waals surface area contributed by atoms with E-state index in [-0.39, 0.29) is 17.1 Å². The predicted molar refractivity (Wildman–Crippen MR) is 126 cm³/mol. The molecule has 1 amide bonds. The molecule has 4 aromatic rings.